The monoisotopic (exact) mass is 515 g/mol. The molecule has 0 atom stereocenters. The predicted molar refractivity (Wildman–Crippen MR) is 144 cm³/mol. The number of hydrogen-bond donors (Lipinski definition) is 0. The predicted octanol–water partition coefficient (Wildman–Crippen LogP) is 6.81. The van der Waals surface area contributed by atoms with E-state index in [4.69, 9.17) is 14.0 Å². The molecule has 0 unspecified atom stereocenters. The lowest BCUT2D eigenvalue weighted by Crippen LogP contribution is -2.02. The number of ether oxygens (including phenoxy) is 2. The van der Waals surface area contributed by atoms with Crippen LogP contribution in [-0.2, 0) is 13.0 Å². The number of thioether (sulfide) groups is 1. The van der Waals surface area contributed by atoms with Crippen LogP contribution in [0.25, 0.3) is 22.2 Å². The normalized spacial score (nSPS) is 11.2. The van der Waals surface area contributed by atoms with Gasteiger partial charge in [0.1, 0.15) is 17.2 Å². The molecular weight excluding hydrogens is 486 g/mol. The van der Waals surface area contributed by atoms with E-state index in [9.17, 15) is 0 Å². The summed E-state index contributed by atoms with van der Waals surface area (Å²) in [6, 6.07) is 22.4. The van der Waals surface area contributed by atoms with Gasteiger partial charge in [-0.3, -0.25) is 0 Å². The topological polar surface area (TPSA) is 88.1 Å². The van der Waals surface area contributed by atoms with Gasteiger partial charge in [0.2, 0.25) is 0 Å². The first-order valence-electron chi connectivity index (χ1n) is 12.5. The van der Waals surface area contributed by atoms with Crippen LogP contribution in [0.3, 0.4) is 0 Å². The lowest BCUT2D eigenvalue weighted by Gasteiger charge is -2.11. The van der Waals surface area contributed by atoms with Crippen molar-refractivity contribution in [1.82, 2.24) is 25.4 Å². The first-order valence-corrected chi connectivity index (χ1v) is 13.5. The van der Waals surface area contributed by atoms with Gasteiger partial charge in [-0.25, -0.2) is 0 Å². The number of fused-ring (bicyclic) bond motifs is 1. The van der Waals surface area contributed by atoms with Crippen LogP contribution in [0, 0.1) is 0 Å². The minimum atomic E-state index is 0.252. The molecule has 0 N–H and O–H groups in total. The minimum Gasteiger partial charge on any atom is -0.493 e. The molecule has 0 saturated carbocycles. The molecule has 2 aromatic heterocycles. The summed E-state index contributed by atoms with van der Waals surface area (Å²) in [4.78, 5) is 2.65. The largest absolute Gasteiger partial charge is 0.493 e. The zero-order valence-corrected chi connectivity index (χ0v) is 21.8. The molecule has 0 spiro atoms. The van der Waals surface area contributed by atoms with Gasteiger partial charge in [-0.2, -0.15) is 4.80 Å². The van der Waals surface area contributed by atoms with Crippen LogP contribution in [0.1, 0.15) is 32.3 Å². The number of benzene rings is 3. The van der Waals surface area contributed by atoms with E-state index in [0.717, 1.165) is 58.6 Å². The second-order valence-corrected chi connectivity index (χ2v) is 9.62. The Labute approximate surface area is 220 Å². The van der Waals surface area contributed by atoms with E-state index in [1.807, 2.05) is 49.4 Å². The van der Waals surface area contributed by atoms with Crippen molar-refractivity contribution in [3.8, 4) is 28.8 Å². The van der Waals surface area contributed by atoms with Gasteiger partial charge in [-0.1, -0.05) is 59.0 Å². The third-order valence-corrected chi connectivity index (χ3v) is 6.91. The van der Waals surface area contributed by atoms with Gasteiger partial charge >= 0.3 is 6.01 Å². The van der Waals surface area contributed by atoms with Crippen molar-refractivity contribution >= 4 is 22.7 Å². The number of rotatable bonds is 12. The average Bonchev–Trinajstić information content (AvgIpc) is 3.58. The number of hydrogen-bond acceptors (Lipinski definition) is 8. The zero-order chi connectivity index (χ0) is 25.5. The minimum absolute atomic E-state index is 0.252. The van der Waals surface area contributed by atoms with E-state index in [0.29, 0.717) is 18.9 Å². The lowest BCUT2D eigenvalue weighted by atomic mass is 10.0. The van der Waals surface area contributed by atoms with Crippen LogP contribution in [0.5, 0.6) is 17.5 Å². The molecule has 5 rings (SSSR count). The fourth-order valence-corrected chi connectivity index (χ4v) is 4.84. The molecule has 3 aromatic carbocycles. The molecule has 0 bridgehead atoms. The molecule has 9 heteroatoms. The molecule has 0 amide bonds. The van der Waals surface area contributed by atoms with Crippen LogP contribution < -0.4 is 9.47 Å². The quantitative estimate of drug-likeness (QED) is 0.132. The van der Waals surface area contributed by atoms with Crippen molar-refractivity contribution in [3.05, 3.63) is 72.3 Å². The van der Waals surface area contributed by atoms with Crippen molar-refractivity contribution in [1.29, 1.82) is 0 Å². The van der Waals surface area contributed by atoms with Crippen LogP contribution in [0.2, 0.25) is 0 Å². The molecule has 0 aliphatic heterocycles. The number of aromatic nitrogens is 5. The number of aryl methyl sites for hydroxylation is 2. The van der Waals surface area contributed by atoms with Gasteiger partial charge in [0, 0.05) is 21.8 Å². The second kappa shape index (κ2) is 11.9. The third-order valence-electron chi connectivity index (χ3n) is 5.81. The molecule has 0 saturated heterocycles. The van der Waals surface area contributed by atoms with Gasteiger partial charge < -0.3 is 14.0 Å². The lowest BCUT2D eigenvalue weighted by molar-refractivity contribution is 0.314. The average molecular weight is 516 g/mol. The summed E-state index contributed by atoms with van der Waals surface area (Å²) < 4.78 is 17.7. The summed E-state index contributed by atoms with van der Waals surface area (Å²) >= 11 is 1.78. The fourth-order valence-electron chi connectivity index (χ4n) is 4.01. The molecule has 2 heterocycles. The molecule has 0 radical (unpaired) electrons. The number of tetrazole rings is 1. The Bertz CT molecular complexity index is 1430. The van der Waals surface area contributed by atoms with Crippen molar-refractivity contribution in [2.75, 3.05) is 12.4 Å². The summed E-state index contributed by atoms with van der Waals surface area (Å²) in [7, 11) is 0. The molecule has 5 aromatic rings. The molecule has 0 aliphatic rings. The SMILES string of the molecule is CCCc1c(OCCCSc2ccc(Oc3nnn(CC)n3)cc2)ccc2c(-c3ccccc3)noc12. The van der Waals surface area contributed by atoms with Crippen molar-refractivity contribution in [3.63, 3.8) is 0 Å². The smallest absolute Gasteiger partial charge is 0.361 e. The van der Waals surface area contributed by atoms with Crippen molar-refractivity contribution < 1.29 is 14.0 Å². The Morgan fingerprint density at radius 1 is 0.973 bits per heavy atom. The maximum absolute atomic E-state index is 6.20. The summed E-state index contributed by atoms with van der Waals surface area (Å²) in [5, 5.41) is 17.3. The van der Waals surface area contributed by atoms with Crippen LogP contribution in [-0.4, -0.2) is 37.7 Å². The molecule has 37 heavy (non-hydrogen) atoms. The molecule has 8 nitrogen and oxygen atoms in total. The highest BCUT2D eigenvalue weighted by Crippen LogP contribution is 2.35. The fraction of sp³-hybridized carbons (Fsp3) is 0.286. The Morgan fingerprint density at radius 3 is 2.57 bits per heavy atom. The van der Waals surface area contributed by atoms with E-state index in [2.05, 4.69) is 51.8 Å². The molecule has 190 valence electrons. The first-order chi connectivity index (χ1) is 18.2. The number of nitrogens with zero attached hydrogens (tertiary/aromatic N) is 5. The van der Waals surface area contributed by atoms with Gasteiger partial charge in [0.15, 0.2) is 5.58 Å². The summed E-state index contributed by atoms with van der Waals surface area (Å²) in [5.41, 5.74) is 3.83. The van der Waals surface area contributed by atoms with E-state index in [1.54, 1.807) is 11.8 Å². The maximum atomic E-state index is 6.20. The second-order valence-electron chi connectivity index (χ2n) is 8.45. The van der Waals surface area contributed by atoms with Crippen LogP contribution in [0.15, 0.2) is 76.1 Å². The Kier molecular flexibility index (Phi) is 8.00. The third kappa shape index (κ3) is 5.94. The van der Waals surface area contributed by atoms with E-state index < -0.39 is 0 Å². The standard InChI is InChI=1S/C28H29N5O3S/c1-3-9-23-25(17-16-24-26(31-36-27(23)24)20-10-6-5-7-11-20)34-18-8-19-37-22-14-12-21(13-15-22)35-28-29-32-33(4-2)30-28/h5-7,10-17H,3-4,8-9,18-19H2,1-2H3. The van der Waals surface area contributed by atoms with E-state index in [1.165, 1.54) is 9.69 Å². The highest BCUT2D eigenvalue weighted by atomic mass is 32.2. The Hall–Kier alpha value is -3.85. The first kappa shape index (κ1) is 24.8. The Balaban J connectivity index is 1.15. The zero-order valence-electron chi connectivity index (χ0n) is 21.0. The van der Waals surface area contributed by atoms with Gasteiger partial charge in [0.25, 0.3) is 0 Å². The van der Waals surface area contributed by atoms with Crippen LogP contribution in [0.4, 0.5) is 0 Å². The maximum Gasteiger partial charge on any atom is 0.361 e. The van der Waals surface area contributed by atoms with Crippen molar-refractivity contribution in [2.24, 2.45) is 0 Å². The summed E-state index contributed by atoms with van der Waals surface area (Å²) in [6.45, 7) is 5.40. The molecule has 0 fully saturated rings. The Morgan fingerprint density at radius 2 is 1.81 bits per heavy atom. The highest BCUT2D eigenvalue weighted by molar-refractivity contribution is 7.99. The van der Waals surface area contributed by atoms with Crippen LogP contribution >= 0.6 is 11.8 Å². The summed E-state index contributed by atoms with van der Waals surface area (Å²) in [5.74, 6) is 2.51. The van der Waals surface area contributed by atoms with Gasteiger partial charge in [-0.15, -0.1) is 11.8 Å². The highest BCUT2D eigenvalue weighted by Gasteiger charge is 2.17. The van der Waals surface area contributed by atoms with Gasteiger partial charge in [-0.05, 0) is 61.4 Å². The molecular formula is C28H29N5O3S. The van der Waals surface area contributed by atoms with Gasteiger partial charge in [0.05, 0.1) is 18.5 Å². The summed E-state index contributed by atoms with van der Waals surface area (Å²) in [6.07, 6.45) is 2.80. The molecule has 0 aliphatic carbocycles. The van der Waals surface area contributed by atoms with E-state index >= 15 is 0 Å². The van der Waals surface area contributed by atoms with Crippen molar-refractivity contribution in [2.45, 2.75) is 44.6 Å². The van der Waals surface area contributed by atoms with E-state index in [-0.39, 0.29) is 6.01 Å².